The predicted molar refractivity (Wildman–Crippen MR) is 65.8 cm³/mol. The van der Waals surface area contributed by atoms with Crippen LogP contribution in [0, 0.1) is 6.92 Å². The molecule has 1 aromatic heterocycles. The predicted octanol–water partition coefficient (Wildman–Crippen LogP) is 1.13. The van der Waals surface area contributed by atoms with Crippen LogP contribution in [0.15, 0.2) is 10.5 Å². The smallest absolute Gasteiger partial charge is 0.268 e. The summed E-state index contributed by atoms with van der Waals surface area (Å²) in [5.41, 5.74) is 2.49. The van der Waals surface area contributed by atoms with Crippen molar-refractivity contribution in [3.05, 3.63) is 23.2 Å². The Balaban J connectivity index is 2.50. The Hall–Kier alpha value is -1.37. The van der Waals surface area contributed by atoms with E-state index in [-0.39, 0.29) is 12.0 Å². The number of nitrogens with one attached hydrogen (secondary N) is 1. The Morgan fingerprint density at radius 3 is 2.94 bits per heavy atom. The molecule has 0 fully saturated rings. The monoisotopic (exact) mass is 256 g/mol. The van der Waals surface area contributed by atoms with Crippen LogP contribution in [-0.2, 0) is 16.1 Å². The zero-order valence-electron chi connectivity index (χ0n) is 11.0. The number of hydrogen-bond acceptors (Lipinski definition) is 5. The standard InChI is InChI=1S/C12H20N2O4/c1-4-16-6-8(2)17-7-10-5-11(9(3)18-10)12(15)14-13/h5,8H,4,6-7,13H2,1-3H3,(H,14,15). The molecule has 1 amide bonds. The fraction of sp³-hybridized carbons (Fsp3) is 0.583. The number of rotatable bonds is 7. The second kappa shape index (κ2) is 7.15. The van der Waals surface area contributed by atoms with E-state index < -0.39 is 0 Å². The SMILES string of the molecule is CCOCC(C)OCc1cc(C(=O)NN)c(C)o1. The van der Waals surface area contributed by atoms with Crippen molar-refractivity contribution in [2.75, 3.05) is 13.2 Å². The number of hydrogen-bond donors (Lipinski definition) is 2. The Kier molecular flexibility index (Phi) is 5.84. The molecule has 1 aromatic rings. The van der Waals surface area contributed by atoms with Gasteiger partial charge >= 0.3 is 0 Å². The summed E-state index contributed by atoms with van der Waals surface area (Å²) in [6.45, 7) is 7.05. The first-order valence-corrected chi connectivity index (χ1v) is 5.88. The van der Waals surface area contributed by atoms with Gasteiger partial charge in [-0.2, -0.15) is 0 Å². The van der Waals surface area contributed by atoms with Crippen molar-refractivity contribution in [2.24, 2.45) is 5.84 Å². The molecule has 6 nitrogen and oxygen atoms in total. The highest BCUT2D eigenvalue weighted by Crippen LogP contribution is 2.15. The van der Waals surface area contributed by atoms with Crippen molar-refractivity contribution in [1.29, 1.82) is 0 Å². The number of ether oxygens (including phenoxy) is 2. The summed E-state index contributed by atoms with van der Waals surface area (Å²) >= 11 is 0. The second-order valence-electron chi connectivity index (χ2n) is 3.94. The maximum Gasteiger partial charge on any atom is 0.268 e. The highest BCUT2D eigenvalue weighted by molar-refractivity contribution is 5.94. The van der Waals surface area contributed by atoms with E-state index in [0.717, 1.165) is 0 Å². The average Bonchev–Trinajstić information content (AvgIpc) is 2.74. The van der Waals surface area contributed by atoms with Crippen molar-refractivity contribution in [3.8, 4) is 0 Å². The Labute approximate surface area is 106 Å². The highest BCUT2D eigenvalue weighted by atomic mass is 16.5. The number of nitrogens with two attached hydrogens (primary N) is 1. The largest absolute Gasteiger partial charge is 0.463 e. The molecule has 0 bridgehead atoms. The number of amides is 1. The minimum Gasteiger partial charge on any atom is -0.463 e. The number of nitrogen functional groups attached to an aromatic ring is 1. The lowest BCUT2D eigenvalue weighted by molar-refractivity contribution is -0.0172. The third-order valence-electron chi connectivity index (χ3n) is 2.41. The number of aryl methyl sites for hydroxylation is 1. The Morgan fingerprint density at radius 1 is 1.61 bits per heavy atom. The molecule has 0 saturated heterocycles. The van der Waals surface area contributed by atoms with Crippen molar-refractivity contribution in [2.45, 2.75) is 33.5 Å². The van der Waals surface area contributed by atoms with Crippen LogP contribution in [-0.4, -0.2) is 25.2 Å². The molecule has 0 saturated carbocycles. The summed E-state index contributed by atoms with van der Waals surface area (Å²) < 4.78 is 16.2. The van der Waals surface area contributed by atoms with E-state index in [4.69, 9.17) is 19.7 Å². The molecule has 1 atom stereocenters. The van der Waals surface area contributed by atoms with Crippen LogP contribution in [0.5, 0.6) is 0 Å². The third-order valence-corrected chi connectivity index (χ3v) is 2.41. The summed E-state index contributed by atoms with van der Waals surface area (Å²) in [5, 5.41) is 0. The lowest BCUT2D eigenvalue weighted by atomic mass is 10.2. The summed E-state index contributed by atoms with van der Waals surface area (Å²) in [6, 6.07) is 1.63. The van der Waals surface area contributed by atoms with Crippen molar-refractivity contribution < 1.29 is 18.7 Å². The van der Waals surface area contributed by atoms with Gasteiger partial charge in [0.05, 0.1) is 18.3 Å². The Bertz CT molecular complexity index is 389. The fourth-order valence-corrected chi connectivity index (χ4v) is 1.47. The van der Waals surface area contributed by atoms with Crippen molar-refractivity contribution in [3.63, 3.8) is 0 Å². The lowest BCUT2D eigenvalue weighted by Crippen LogP contribution is -2.30. The van der Waals surface area contributed by atoms with Gasteiger partial charge in [-0.25, -0.2) is 5.84 Å². The molecule has 0 aliphatic carbocycles. The average molecular weight is 256 g/mol. The van der Waals surface area contributed by atoms with Crippen molar-refractivity contribution >= 4 is 5.91 Å². The summed E-state index contributed by atoms with van der Waals surface area (Å²) in [5.74, 6) is 5.81. The normalized spacial score (nSPS) is 12.4. The molecule has 3 N–H and O–H groups in total. The van der Waals surface area contributed by atoms with Crippen LogP contribution in [0.25, 0.3) is 0 Å². The molecule has 1 unspecified atom stereocenters. The third kappa shape index (κ3) is 4.14. The van der Waals surface area contributed by atoms with Gasteiger partial charge < -0.3 is 13.9 Å². The van der Waals surface area contributed by atoms with E-state index in [1.807, 2.05) is 13.8 Å². The molecule has 102 valence electrons. The summed E-state index contributed by atoms with van der Waals surface area (Å²) in [6.07, 6.45) is -0.0258. The molecule has 1 heterocycles. The van der Waals surface area contributed by atoms with Crippen molar-refractivity contribution in [1.82, 2.24) is 5.43 Å². The molecule has 0 aliphatic heterocycles. The number of carbonyl (C=O) groups excluding carboxylic acids is 1. The van der Waals surface area contributed by atoms with E-state index in [1.54, 1.807) is 13.0 Å². The van der Waals surface area contributed by atoms with Gasteiger partial charge in [-0.15, -0.1) is 0 Å². The highest BCUT2D eigenvalue weighted by Gasteiger charge is 2.14. The van der Waals surface area contributed by atoms with Crippen LogP contribution in [0.2, 0.25) is 0 Å². The van der Waals surface area contributed by atoms with Crippen LogP contribution in [0.4, 0.5) is 0 Å². The summed E-state index contributed by atoms with van der Waals surface area (Å²) in [7, 11) is 0. The second-order valence-corrected chi connectivity index (χ2v) is 3.94. The molecule has 0 aromatic carbocycles. The zero-order valence-corrected chi connectivity index (χ0v) is 11.0. The van der Waals surface area contributed by atoms with E-state index in [1.165, 1.54) is 0 Å². The molecule has 0 aliphatic rings. The quantitative estimate of drug-likeness (QED) is 0.434. The molecule has 0 spiro atoms. The van der Waals surface area contributed by atoms with Crippen LogP contribution < -0.4 is 11.3 Å². The maximum atomic E-state index is 11.4. The minimum absolute atomic E-state index is 0.0258. The van der Waals surface area contributed by atoms with Gasteiger partial charge in [0, 0.05) is 6.61 Å². The van der Waals surface area contributed by atoms with E-state index in [2.05, 4.69) is 5.43 Å². The number of carbonyl (C=O) groups is 1. The molecule has 1 rings (SSSR count). The minimum atomic E-state index is -0.370. The van der Waals surface area contributed by atoms with Gasteiger partial charge in [0.1, 0.15) is 18.1 Å². The van der Waals surface area contributed by atoms with Crippen LogP contribution >= 0.6 is 0 Å². The first kappa shape index (κ1) is 14.7. The van der Waals surface area contributed by atoms with E-state index in [0.29, 0.717) is 36.9 Å². The number of hydrazine groups is 1. The Morgan fingerprint density at radius 2 is 2.33 bits per heavy atom. The lowest BCUT2D eigenvalue weighted by Gasteiger charge is -2.11. The molecule has 18 heavy (non-hydrogen) atoms. The fourth-order valence-electron chi connectivity index (χ4n) is 1.47. The van der Waals surface area contributed by atoms with E-state index in [9.17, 15) is 4.79 Å². The zero-order chi connectivity index (χ0) is 13.5. The van der Waals surface area contributed by atoms with E-state index >= 15 is 0 Å². The van der Waals surface area contributed by atoms with Gasteiger partial charge in [0.15, 0.2) is 0 Å². The van der Waals surface area contributed by atoms with Gasteiger partial charge in [-0.05, 0) is 26.8 Å². The van der Waals surface area contributed by atoms with Gasteiger partial charge in [-0.1, -0.05) is 0 Å². The van der Waals surface area contributed by atoms with Gasteiger partial charge in [0.25, 0.3) is 5.91 Å². The van der Waals surface area contributed by atoms with Gasteiger partial charge in [-0.3, -0.25) is 10.2 Å². The topological polar surface area (TPSA) is 86.7 Å². The molecule has 6 heteroatoms. The summed E-state index contributed by atoms with van der Waals surface area (Å²) in [4.78, 5) is 11.4. The van der Waals surface area contributed by atoms with Crippen LogP contribution in [0.3, 0.4) is 0 Å². The first-order valence-electron chi connectivity index (χ1n) is 5.88. The van der Waals surface area contributed by atoms with Crippen LogP contribution in [0.1, 0.15) is 35.7 Å². The van der Waals surface area contributed by atoms with Gasteiger partial charge in [0.2, 0.25) is 0 Å². The number of furan rings is 1. The molecular weight excluding hydrogens is 236 g/mol. The molecular formula is C12H20N2O4. The maximum absolute atomic E-state index is 11.4. The first-order chi connectivity index (χ1) is 8.58. The molecule has 0 radical (unpaired) electrons.